The molecule has 0 aliphatic heterocycles. The maximum atomic E-state index is 12.1. The molecule has 7 nitrogen and oxygen atoms in total. The fourth-order valence-corrected chi connectivity index (χ4v) is 3.19. The van der Waals surface area contributed by atoms with E-state index in [1.165, 1.54) is 24.3 Å². The molecule has 0 aliphatic rings. The van der Waals surface area contributed by atoms with Gasteiger partial charge in [-0.25, -0.2) is 0 Å². The van der Waals surface area contributed by atoms with Gasteiger partial charge < -0.3 is 5.32 Å². The smallest absolute Gasteiger partial charge is 0.258 e. The molecule has 4 N–H and O–H groups in total. The quantitative estimate of drug-likeness (QED) is 0.356. The van der Waals surface area contributed by atoms with Crippen molar-refractivity contribution >= 4 is 87.1 Å². The summed E-state index contributed by atoms with van der Waals surface area (Å²) in [4.78, 5) is 35.9. The molecule has 3 amide bonds. The summed E-state index contributed by atoms with van der Waals surface area (Å²) in [5.41, 5.74) is 5.19. The van der Waals surface area contributed by atoms with Crippen molar-refractivity contribution in [2.75, 3.05) is 5.32 Å². The highest BCUT2D eigenvalue weighted by atomic mass is 35.5. The van der Waals surface area contributed by atoms with Gasteiger partial charge in [0.1, 0.15) is 0 Å². The Kier molecular flexibility index (Phi) is 9.13. The Morgan fingerprint density at radius 1 is 0.800 bits per heavy atom. The molecule has 158 valence electrons. The van der Waals surface area contributed by atoms with Crippen LogP contribution in [0, 0.1) is 0 Å². The average molecular weight is 508 g/mol. The Morgan fingerprint density at radius 3 is 2.03 bits per heavy atom. The van der Waals surface area contributed by atoms with Crippen LogP contribution in [-0.4, -0.2) is 22.8 Å². The van der Waals surface area contributed by atoms with Crippen molar-refractivity contribution in [3.63, 3.8) is 0 Å². The van der Waals surface area contributed by atoms with Crippen LogP contribution in [0.4, 0.5) is 5.69 Å². The number of nitrogens with one attached hydrogen (secondary N) is 4. The van der Waals surface area contributed by atoms with Gasteiger partial charge in [-0.15, -0.1) is 0 Å². The second kappa shape index (κ2) is 11.3. The van der Waals surface area contributed by atoms with Gasteiger partial charge in [0.25, 0.3) is 5.91 Å². The molecule has 0 aliphatic carbocycles. The maximum Gasteiger partial charge on any atom is 0.258 e. The number of hydrogen-bond acceptors (Lipinski definition) is 4. The second-order valence-corrected chi connectivity index (χ2v) is 7.85. The first-order valence-electron chi connectivity index (χ1n) is 8.26. The monoisotopic (exact) mass is 506 g/mol. The minimum Gasteiger partial charge on any atom is -0.325 e. The Balaban J connectivity index is 1.73. The molecule has 0 unspecified atom stereocenters. The highest BCUT2D eigenvalue weighted by Crippen LogP contribution is 2.25. The Hall–Kier alpha value is -2.10. The molecule has 0 radical (unpaired) electrons. The van der Waals surface area contributed by atoms with Gasteiger partial charge in [-0.1, -0.05) is 46.4 Å². The van der Waals surface area contributed by atoms with Gasteiger partial charge in [0, 0.05) is 22.9 Å². The molecule has 12 heteroatoms. The van der Waals surface area contributed by atoms with E-state index in [1.807, 2.05) is 0 Å². The summed E-state index contributed by atoms with van der Waals surface area (Å²) in [5.74, 6) is -1.52. The van der Waals surface area contributed by atoms with E-state index in [0.717, 1.165) is 0 Å². The molecule has 30 heavy (non-hydrogen) atoms. The Morgan fingerprint density at radius 2 is 1.40 bits per heavy atom. The molecular formula is C18H14Cl4N4O3S. The molecule has 2 aromatic carbocycles. The van der Waals surface area contributed by atoms with Crippen molar-refractivity contribution in [1.82, 2.24) is 16.2 Å². The molecule has 0 fully saturated rings. The van der Waals surface area contributed by atoms with Crippen LogP contribution >= 0.6 is 58.6 Å². The van der Waals surface area contributed by atoms with Crippen LogP contribution in [0.1, 0.15) is 23.2 Å². The lowest BCUT2D eigenvalue weighted by atomic mass is 10.2. The standard InChI is InChI=1S/C18H14Cl4N4O3S/c19-9-1-3-11(12(21)7-9)17(29)24-18(30)26-25-16(28)6-5-15(27)23-14-4-2-10(20)8-13(14)22/h1-4,7-8H,5-6H2,(H,23,27)(H,25,28)(H2,24,26,29,30). The largest absolute Gasteiger partial charge is 0.325 e. The van der Waals surface area contributed by atoms with Crippen molar-refractivity contribution in [1.29, 1.82) is 0 Å². The summed E-state index contributed by atoms with van der Waals surface area (Å²) in [6, 6.07) is 8.97. The number of carbonyl (C=O) groups excluding carboxylic acids is 3. The molecule has 2 aromatic rings. The third kappa shape index (κ3) is 7.62. The first-order valence-corrected chi connectivity index (χ1v) is 10.2. The molecule has 0 atom stereocenters. The van der Waals surface area contributed by atoms with Crippen molar-refractivity contribution in [2.24, 2.45) is 0 Å². The number of amides is 3. The van der Waals surface area contributed by atoms with E-state index in [0.29, 0.717) is 15.7 Å². The third-order valence-electron chi connectivity index (χ3n) is 3.50. The summed E-state index contributed by atoms with van der Waals surface area (Å²) in [6.07, 6.45) is -0.240. The normalized spacial score (nSPS) is 10.1. The molecule has 0 aromatic heterocycles. The number of carbonyl (C=O) groups is 3. The maximum absolute atomic E-state index is 12.1. The van der Waals surface area contributed by atoms with Crippen LogP contribution in [0.3, 0.4) is 0 Å². The van der Waals surface area contributed by atoms with Crippen LogP contribution in [0.15, 0.2) is 36.4 Å². The zero-order chi connectivity index (χ0) is 22.3. The van der Waals surface area contributed by atoms with E-state index in [9.17, 15) is 14.4 Å². The molecule has 0 heterocycles. The van der Waals surface area contributed by atoms with Crippen LogP contribution in [0.2, 0.25) is 20.1 Å². The number of hydrogen-bond donors (Lipinski definition) is 4. The van der Waals surface area contributed by atoms with E-state index in [1.54, 1.807) is 12.1 Å². The lowest BCUT2D eigenvalue weighted by Crippen LogP contribution is -2.48. The first kappa shape index (κ1) is 24.2. The predicted octanol–water partition coefficient (Wildman–Crippen LogP) is 4.35. The number of anilines is 1. The van der Waals surface area contributed by atoms with Crippen molar-refractivity contribution < 1.29 is 14.4 Å². The van der Waals surface area contributed by atoms with E-state index >= 15 is 0 Å². The molecule has 0 spiro atoms. The summed E-state index contributed by atoms with van der Waals surface area (Å²) in [5, 5.41) is 6.02. The topological polar surface area (TPSA) is 99.3 Å². The first-order chi connectivity index (χ1) is 14.2. The Bertz CT molecular complexity index is 1000. The number of rotatable bonds is 5. The van der Waals surface area contributed by atoms with Crippen molar-refractivity contribution in [3.8, 4) is 0 Å². The van der Waals surface area contributed by atoms with E-state index < -0.39 is 17.7 Å². The predicted molar refractivity (Wildman–Crippen MR) is 122 cm³/mol. The molecule has 0 saturated carbocycles. The summed E-state index contributed by atoms with van der Waals surface area (Å²) >= 11 is 28.4. The van der Waals surface area contributed by atoms with Crippen LogP contribution < -0.4 is 21.5 Å². The van der Waals surface area contributed by atoms with Gasteiger partial charge in [-0.2, -0.15) is 0 Å². The lowest BCUT2D eigenvalue weighted by Gasteiger charge is -2.11. The number of benzene rings is 2. The zero-order valence-corrected chi connectivity index (χ0v) is 18.9. The van der Waals surface area contributed by atoms with E-state index in [2.05, 4.69) is 21.5 Å². The van der Waals surface area contributed by atoms with Crippen molar-refractivity contribution in [3.05, 3.63) is 62.1 Å². The number of halogens is 4. The minimum absolute atomic E-state index is 0.105. The summed E-state index contributed by atoms with van der Waals surface area (Å²) in [7, 11) is 0. The highest BCUT2D eigenvalue weighted by Gasteiger charge is 2.13. The Labute approximate surface area is 197 Å². The highest BCUT2D eigenvalue weighted by molar-refractivity contribution is 7.80. The van der Waals surface area contributed by atoms with Gasteiger partial charge in [-0.3, -0.25) is 30.6 Å². The number of hydrazine groups is 1. The lowest BCUT2D eigenvalue weighted by molar-refractivity contribution is -0.124. The summed E-state index contributed by atoms with van der Waals surface area (Å²) < 4.78 is 0. The second-order valence-electron chi connectivity index (χ2n) is 5.75. The fraction of sp³-hybridized carbons (Fsp3) is 0.111. The van der Waals surface area contributed by atoms with Gasteiger partial charge in [0.05, 0.1) is 21.3 Å². The zero-order valence-electron chi connectivity index (χ0n) is 15.0. The van der Waals surface area contributed by atoms with Crippen LogP contribution in [-0.2, 0) is 9.59 Å². The minimum atomic E-state index is -0.581. The van der Waals surface area contributed by atoms with Gasteiger partial charge in [0.2, 0.25) is 11.8 Å². The fourth-order valence-electron chi connectivity index (χ4n) is 2.09. The van der Waals surface area contributed by atoms with Gasteiger partial charge >= 0.3 is 0 Å². The van der Waals surface area contributed by atoms with E-state index in [4.69, 9.17) is 58.6 Å². The van der Waals surface area contributed by atoms with Gasteiger partial charge in [-0.05, 0) is 48.6 Å². The van der Waals surface area contributed by atoms with Crippen molar-refractivity contribution in [2.45, 2.75) is 12.8 Å². The average Bonchev–Trinajstić information content (AvgIpc) is 2.66. The van der Waals surface area contributed by atoms with Crippen LogP contribution in [0.25, 0.3) is 0 Å². The van der Waals surface area contributed by atoms with Crippen LogP contribution in [0.5, 0.6) is 0 Å². The molecular weight excluding hydrogens is 494 g/mol. The SMILES string of the molecule is O=C(CCC(=O)Nc1ccc(Cl)cc1Cl)NNC(=S)NC(=O)c1ccc(Cl)cc1Cl. The molecule has 0 saturated heterocycles. The third-order valence-corrected chi connectivity index (χ3v) is 4.80. The molecule has 2 rings (SSSR count). The number of thiocarbonyl (C=S) groups is 1. The molecule has 0 bridgehead atoms. The summed E-state index contributed by atoms with van der Waals surface area (Å²) in [6.45, 7) is 0. The van der Waals surface area contributed by atoms with Gasteiger partial charge in [0.15, 0.2) is 5.11 Å². The van der Waals surface area contributed by atoms with E-state index in [-0.39, 0.29) is 33.6 Å².